The van der Waals surface area contributed by atoms with Crippen LogP contribution in [-0.4, -0.2) is 53.3 Å². The average molecular weight is 633 g/mol. The van der Waals surface area contributed by atoms with Crippen molar-refractivity contribution >= 4 is 28.4 Å². The standard InChI is InChI=1S/C40H36N6O2/c1-41-37(47)34-25-28(19-22-43-34)36-33-26-32(45-24-21-39(38(45)48)20-23-42-27-39)17-18-35(33)46(44-36)40(29-11-5-2-6-12-29,30-13-7-3-8-14-30)31-15-9-4-10-16-31/h2-19,22,25-26,42H,20-21,23-24,27H2,1H3,(H,41,47)/t39-/m0/s1. The van der Waals surface area contributed by atoms with Gasteiger partial charge in [-0.05, 0) is 66.4 Å². The molecule has 8 nitrogen and oxygen atoms in total. The van der Waals surface area contributed by atoms with Crippen LogP contribution in [0.2, 0.25) is 0 Å². The third kappa shape index (κ3) is 4.63. The predicted octanol–water partition coefficient (Wildman–Crippen LogP) is 6.01. The maximum absolute atomic E-state index is 13.9. The Morgan fingerprint density at radius 1 is 0.833 bits per heavy atom. The summed E-state index contributed by atoms with van der Waals surface area (Å²) in [5.41, 5.74) is 5.47. The fourth-order valence-corrected chi connectivity index (χ4v) is 7.68. The first-order valence-corrected chi connectivity index (χ1v) is 16.5. The van der Waals surface area contributed by atoms with Crippen molar-refractivity contribution in [1.82, 2.24) is 25.4 Å². The Morgan fingerprint density at radius 3 is 2.06 bits per heavy atom. The van der Waals surface area contributed by atoms with E-state index in [1.165, 1.54) is 0 Å². The van der Waals surface area contributed by atoms with Gasteiger partial charge in [-0.3, -0.25) is 14.6 Å². The van der Waals surface area contributed by atoms with E-state index in [0.717, 1.165) is 64.8 Å². The van der Waals surface area contributed by atoms with Gasteiger partial charge in [0.2, 0.25) is 5.91 Å². The summed E-state index contributed by atoms with van der Waals surface area (Å²) < 4.78 is 2.12. The molecule has 48 heavy (non-hydrogen) atoms. The number of amides is 2. The van der Waals surface area contributed by atoms with Gasteiger partial charge in [-0.2, -0.15) is 5.10 Å². The minimum Gasteiger partial charge on any atom is -0.354 e. The summed E-state index contributed by atoms with van der Waals surface area (Å²) in [7, 11) is 1.60. The van der Waals surface area contributed by atoms with Gasteiger partial charge in [-0.25, -0.2) is 4.68 Å². The normalized spacial score (nSPS) is 17.8. The molecule has 0 radical (unpaired) electrons. The number of carbonyl (C=O) groups is 2. The van der Waals surface area contributed by atoms with Crippen LogP contribution in [0, 0.1) is 5.41 Å². The van der Waals surface area contributed by atoms with Gasteiger partial charge in [0.25, 0.3) is 5.91 Å². The van der Waals surface area contributed by atoms with Gasteiger partial charge in [0.1, 0.15) is 16.9 Å². The summed E-state index contributed by atoms with van der Waals surface area (Å²) in [6.45, 7) is 2.26. The van der Waals surface area contributed by atoms with Crippen molar-refractivity contribution in [3.05, 3.63) is 150 Å². The molecule has 2 saturated heterocycles. The van der Waals surface area contributed by atoms with Crippen LogP contribution in [0.25, 0.3) is 22.2 Å². The van der Waals surface area contributed by atoms with Crippen molar-refractivity contribution in [3.63, 3.8) is 0 Å². The molecule has 1 atom stereocenters. The molecule has 0 unspecified atom stereocenters. The highest BCUT2D eigenvalue weighted by atomic mass is 16.2. The fraction of sp³-hybridized carbons (Fsp3) is 0.200. The van der Waals surface area contributed by atoms with Crippen LogP contribution in [0.5, 0.6) is 0 Å². The second kappa shape index (κ2) is 11.9. The van der Waals surface area contributed by atoms with E-state index in [1.807, 2.05) is 29.2 Å². The van der Waals surface area contributed by atoms with Gasteiger partial charge in [-0.1, -0.05) is 91.0 Å². The highest BCUT2D eigenvalue weighted by Gasteiger charge is 2.49. The van der Waals surface area contributed by atoms with Gasteiger partial charge in [-0.15, -0.1) is 0 Å². The second-order valence-electron chi connectivity index (χ2n) is 12.7. The molecule has 0 saturated carbocycles. The molecular weight excluding hydrogens is 596 g/mol. The Labute approximate surface area is 279 Å². The molecule has 0 bridgehead atoms. The lowest BCUT2D eigenvalue weighted by Gasteiger charge is -2.37. The minimum atomic E-state index is -0.860. The molecule has 8 heteroatoms. The lowest BCUT2D eigenvalue weighted by atomic mass is 9.77. The molecule has 4 aromatic carbocycles. The predicted molar refractivity (Wildman–Crippen MR) is 188 cm³/mol. The number of hydrogen-bond donors (Lipinski definition) is 2. The monoisotopic (exact) mass is 632 g/mol. The van der Waals surface area contributed by atoms with E-state index in [0.29, 0.717) is 17.9 Å². The molecule has 4 heterocycles. The summed E-state index contributed by atoms with van der Waals surface area (Å²) in [6.07, 6.45) is 3.34. The molecule has 8 rings (SSSR count). The van der Waals surface area contributed by atoms with Gasteiger partial charge < -0.3 is 15.5 Å². The number of hydrogen-bond acceptors (Lipinski definition) is 5. The number of fused-ring (bicyclic) bond motifs is 1. The second-order valence-corrected chi connectivity index (χ2v) is 12.7. The van der Waals surface area contributed by atoms with E-state index in [9.17, 15) is 9.59 Å². The van der Waals surface area contributed by atoms with Crippen LogP contribution < -0.4 is 15.5 Å². The van der Waals surface area contributed by atoms with E-state index in [2.05, 4.69) is 111 Å². The smallest absolute Gasteiger partial charge is 0.269 e. The maximum Gasteiger partial charge on any atom is 0.269 e. The molecule has 2 fully saturated rings. The number of aromatic nitrogens is 3. The van der Waals surface area contributed by atoms with E-state index >= 15 is 0 Å². The SMILES string of the molecule is CNC(=O)c1cc(-c2nn(C(c3ccccc3)(c3ccccc3)c3ccccc3)c3ccc(N4CC[C@]5(CCNC5)C4=O)cc23)ccn1. The van der Waals surface area contributed by atoms with E-state index in [4.69, 9.17) is 5.10 Å². The molecular formula is C40H36N6O2. The highest BCUT2D eigenvalue weighted by molar-refractivity contribution is 6.04. The number of anilines is 1. The fourth-order valence-electron chi connectivity index (χ4n) is 7.68. The average Bonchev–Trinajstić information content (AvgIpc) is 3.87. The zero-order chi connectivity index (χ0) is 32.7. The number of rotatable bonds is 7. The van der Waals surface area contributed by atoms with Crippen LogP contribution in [0.3, 0.4) is 0 Å². The lowest BCUT2D eigenvalue weighted by Crippen LogP contribution is -2.38. The van der Waals surface area contributed by atoms with E-state index < -0.39 is 5.54 Å². The molecule has 238 valence electrons. The number of pyridine rings is 1. The molecule has 2 aliphatic heterocycles. The van der Waals surface area contributed by atoms with Crippen LogP contribution in [0.4, 0.5) is 5.69 Å². The van der Waals surface area contributed by atoms with E-state index in [-0.39, 0.29) is 17.2 Å². The van der Waals surface area contributed by atoms with Gasteiger partial charge in [0.05, 0.1) is 10.9 Å². The summed E-state index contributed by atoms with van der Waals surface area (Å²) >= 11 is 0. The van der Waals surface area contributed by atoms with Crippen LogP contribution in [0.15, 0.2) is 128 Å². The molecule has 2 aromatic heterocycles. The molecule has 2 aliphatic rings. The summed E-state index contributed by atoms with van der Waals surface area (Å²) in [5, 5.41) is 12.5. The molecule has 0 aliphatic carbocycles. The summed E-state index contributed by atoms with van der Waals surface area (Å²) in [5.74, 6) is -0.0922. The number of carbonyl (C=O) groups excluding carboxylic acids is 2. The maximum atomic E-state index is 13.9. The summed E-state index contributed by atoms with van der Waals surface area (Å²) in [4.78, 5) is 32.9. The van der Waals surface area contributed by atoms with Crippen molar-refractivity contribution in [2.24, 2.45) is 5.41 Å². The third-order valence-corrected chi connectivity index (χ3v) is 10.1. The molecule has 1 spiro atoms. The van der Waals surface area contributed by atoms with Crippen LogP contribution in [-0.2, 0) is 10.3 Å². The molecule has 6 aromatic rings. The van der Waals surface area contributed by atoms with Gasteiger partial charge >= 0.3 is 0 Å². The Hall–Kier alpha value is -5.60. The first-order chi connectivity index (χ1) is 23.5. The number of nitrogens with one attached hydrogen (secondary N) is 2. The van der Waals surface area contributed by atoms with Crippen molar-refractivity contribution in [2.45, 2.75) is 18.4 Å². The first kappa shape index (κ1) is 29.8. The van der Waals surface area contributed by atoms with Gasteiger partial charge in [0.15, 0.2) is 0 Å². The molecule has 2 N–H and O–H groups in total. The molecule has 2 amide bonds. The minimum absolute atomic E-state index is 0.179. The van der Waals surface area contributed by atoms with Crippen molar-refractivity contribution in [2.75, 3.05) is 31.6 Å². The zero-order valence-corrected chi connectivity index (χ0v) is 26.8. The lowest BCUT2D eigenvalue weighted by molar-refractivity contribution is -0.124. The number of nitrogens with zero attached hydrogens (tertiary/aromatic N) is 4. The van der Waals surface area contributed by atoms with Crippen molar-refractivity contribution < 1.29 is 9.59 Å². The van der Waals surface area contributed by atoms with Gasteiger partial charge in [0, 0.05) is 43.0 Å². The first-order valence-electron chi connectivity index (χ1n) is 16.5. The Morgan fingerprint density at radius 2 is 1.48 bits per heavy atom. The van der Waals surface area contributed by atoms with E-state index in [1.54, 1.807) is 19.3 Å². The number of benzene rings is 4. The van der Waals surface area contributed by atoms with Crippen LogP contribution >= 0.6 is 0 Å². The third-order valence-electron chi connectivity index (χ3n) is 10.1. The Kier molecular flexibility index (Phi) is 7.37. The van der Waals surface area contributed by atoms with Crippen molar-refractivity contribution in [1.29, 1.82) is 0 Å². The topological polar surface area (TPSA) is 92.2 Å². The Bertz CT molecular complexity index is 2030. The zero-order valence-electron chi connectivity index (χ0n) is 26.8. The van der Waals surface area contributed by atoms with Crippen LogP contribution in [0.1, 0.15) is 40.0 Å². The summed E-state index contributed by atoms with van der Waals surface area (Å²) in [6, 6.07) is 41.3. The quantitative estimate of drug-likeness (QED) is 0.210. The highest BCUT2D eigenvalue weighted by Crippen LogP contribution is 2.46. The Balaban J connectivity index is 1.43. The van der Waals surface area contributed by atoms with Crippen molar-refractivity contribution in [3.8, 4) is 11.3 Å². The largest absolute Gasteiger partial charge is 0.354 e.